The third kappa shape index (κ3) is 5.47. The van der Waals surface area contributed by atoms with Gasteiger partial charge in [-0.1, -0.05) is 18.2 Å². The fourth-order valence-corrected chi connectivity index (χ4v) is 2.89. The Kier molecular flexibility index (Phi) is 6.20. The van der Waals surface area contributed by atoms with Crippen LogP contribution in [0.15, 0.2) is 54.7 Å². The van der Waals surface area contributed by atoms with E-state index in [1.807, 2.05) is 42.5 Å². The average Bonchev–Trinajstić information content (AvgIpc) is 2.69. The molecular formula is C23H24N2O5. The van der Waals surface area contributed by atoms with Crippen LogP contribution in [-0.4, -0.2) is 40.9 Å². The summed E-state index contributed by atoms with van der Waals surface area (Å²) in [5.74, 6) is -0.318. The summed E-state index contributed by atoms with van der Waals surface area (Å²) in [6, 6.07) is 14.5. The van der Waals surface area contributed by atoms with Crippen LogP contribution in [0.3, 0.4) is 0 Å². The highest BCUT2D eigenvalue weighted by molar-refractivity contribution is 6.03. The highest BCUT2D eigenvalue weighted by atomic mass is 16.6. The summed E-state index contributed by atoms with van der Waals surface area (Å²) in [6.45, 7) is 6.05. The summed E-state index contributed by atoms with van der Waals surface area (Å²) < 4.78 is 10.8. The molecule has 2 aromatic carbocycles. The molecule has 0 atom stereocenters. The Morgan fingerprint density at radius 1 is 1.03 bits per heavy atom. The fourth-order valence-electron chi connectivity index (χ4n) is 2.89. The minimum absolute atomic E-state index is 0.222. The molecule has 0 aliphatic heterocycles. The number of pyridine rings is 1. The van der Waals surface area contributed by atoms with E-state index in [0.717, 1.165) is 11.1 Å². The maximum Gasteiger partial charge on any atom is 0.407 e. The van der Waals surface area contributed by atoms with Crippen molar-refractivity contribution in [3.05, 3.63) is 60.3 Å². The summed E-state index contributed by atoms with van der Waals surface area (Å²) in [5, 5.41) is 12.6. The number of fused-ring (bicyclic) bond motifs is 1. The molecule has 7 nitrogen and oxygen atoms in total. The van der Waals surface area contributed by atoms with Crippen molar-refractivity contribution in [2.75, 3.05) is 13.2 Å². The number of nitrogens with one attached hydrogen (secondary N) is 1. The van der Waals surface area contributed by atoms with E-state index >= 15 is 0 Å². The van der Waals surface area contributed by atoms with Gasteiger partial charge in [0.25, 0.3) is 0 Å². The molecule has 0 bridgehead atoms. The van der Waals surface area contributed by atoms with Crippen LogP contribution in [0.4, 0.5) is 4.79 Å². The summed E-state index contributed by atoms with van der Waals surface area (Å²) in [7, 11) is 0. The van der Waals surface area contributed by atoms with Crippen molar-refractivity contribution in [2.24, 2.45) is 0 Å². The number of benzene rings is 2. The molecule has 1 amide bonds. The zero-order chi connectivity index (χ0) is 21.7. The number of alkyl carbamates (subject to hydrolysis) is 1. The molecule has 0 aliphatic carbocycles. The number of carboxylic acids is 1. The van der Waals surface area contributed by atoms with Gasteiger partial charge >= 0.3 is 12.1 Å². The van der Waals surface area contributed by atoms with Gasteiger partial charge in [0, 0.05) is 11.6 Å². The molecule has 3 rings (SSSR count). The summed E-state index contributed by atoms with van der Waals surface area (Å²) in [4.78, 5) is 27.3. The minimum atomic E-state index is -0.983. The number of carboxylic acid groups (broad SMARTS) is 1. The first-order chi connectivity index (χ1) is 14.2. The van der Waals surface area contributed by atoms with Gasteiger partial charge in [0.2, 0.25) is 0 Å². The predicted octanol–water partition coefficient (Wildman–Crippen LogP) is 4.50. The lowest BCUT2D eigenvalue weighted by molar-refractivity contribution is 0.0519. The highest BCUT2D eigenvalue weighted by Gasteiger charge is 2.15. The lowest BCUT2D eigenvalue weighted by Crippen LogP contribution is -2.34. The van der Waals surface area contributed by atoms with Crippen LogP contribution in [0, 0.1) is 0 Å². The van der Waals surface area contributed by atoms with Gasteiger partial charge in [-0.15, -0.1) is 0 Å². The Balaban J connectivity index is 1.62. The van der Waals surface area contributed by atoms with Gasteiger partial charge in [-0.3, -0.25) is 4.98 Å². The van der Waals surface area contributed by atoms with E-state index in [9.17, 15) is 14.7 Å². The molecule has 1 heterocycles. The van der Waals surface area contributed by atoms with E-state index in [4.69, 9.17) is 9.47 Å². The van der Waals surface area contributed by atoms with E-state index in [-0.39, 0.29) is 5.56 Å². The Hall–Kier alpha value is -3.61. The van der Waals surface area contributed by atoms with Crippen molar-refractivity contribution >= 4 is 23.0 Å². The second kappa shape index (κ2) is 8.82. The summed E-state index contributed by atoms with van der Waals surface area (Å²) in [6.07, 6.45) is 1.02. The molecule has 3 aromatic rings. The van der Waals surface area contributed by atoms with Gasteiger partial charge in [0.1, 0.15) is 18.0 Å². The first-order valence-electron chi connectivity index (χ1n) is 9.55. The molecule has 0 saturated heterocycles. The molecular weight excluding hydrogens is 384 g/mol. The zero-order valence-corrected chi connectivity index (χ0v) is 17.1. The smallest absolute Gasteiger partial charge is 0.407 e. The summed E-state index contributed by atoms with van der Waals surface area (Å²) >= 11 is 0. The normalized spacial score (nSPS) is 11.2. The molecule has 0 unspecified atom stereocenters. The number of rotatable bonds is 6. The predicted molar refractivity (Wildman–Crippen MR) is 114 cm³/mol. The SMILES string of the molecule is CC(C)(C)OC(=O)NCCOc1ccc(-c2ccc3nccc(C(=O)O)c3c2)cc1. The number of aromatic nitrogens is 1. The van der Waals surface area contributed by atoms with E-state index in [1.54, 1.807) is 20.8 Å². The third-order valence-corrected chi connectivity index (χ3v) is 4.20. The molecule has 2 N–H and O–H groups in total. The van der Waals surface area contributed by atoms with Crippen LogP contribution in [-0.2, 0) is 4.74 Å². The summed E-state index contributed by atoms with van der Waals surface area (Å²) in [5.41, 5.74) is 2.13. The van der Waals surface area contributed by atoms with Crippen LogP contribution in [0.1, 0.15) is 31.1 Å². The van der Waals surface area contributed by atoms with E-state index in [2.05, 4.69) is 10.3 Å². The lowest BCUT2D eigenvalue weighted by atomic mass is 10.0. The molecule has 0 fully saturated rings. The molecule has 156 valence electrons. The van der Waals surface area contributed by atoms with Gasteiger partial charge < -0.3 is 19.9 Å². The molecule has 7 heteroatoms. The Morgan fingerprint density at radius 3 is 2.40 bits per heavy atom. The molecule has 0 spiro atoms. The second-order valence-corrected chi connectivity index (χ2v) is 7.70. The molecule has 0 aliphatic rings. The standard InChI is InChI=1S/C23H24N2O5/c1-23(2,3)30-22(28)25-12-13-29-17-7-4-15(5-8-17)16-6-9-20-19(14-16)18(21(26)27)10-11-24-20/h4-11,14H,12-13H2,1-3H3,(H,25,28)(H,26,27). The first kappa shape index (κ1) is 21.1. The Bertz CT molecular complexity index is 1060. The topological polar surface area (TPSA) is 97.8 Å². The average molecular weight is 408 g/mol. The van der Waals surface area contributed by atoms with E-state index < -0.39 is 17.7 Å². The van der Waals surface area contributed by atoms with E-state index in [0.29, 0.717) is 29.8 Å². The number of nitrogens with zero attached hydrogens (tertiary/aromatic N) is 1. The maximum absolute atomic E-state index is 11.6. The van der Waals surface area contributed by atoms with Crippen LogP contribution in [0.25, 0.3) is 22.0 Å². The van der Waals surface area contributed by atoms with Crippen LogP contribution < -0.4 is 10.1 Å². The molecule has 30 heavy (non-hydrogen) atoms. The number of amides is 1. The number of carbonyl (C=O) groups excluding carboxylic acids is 1. The fraction of sp³-hybridized carbons (Fsp3) is 0.261. The minimum Gasteiger partial charge on any atom is -0.492 e. The lowest BCUT2D eigenvalue weighted by Gasteiger charge is -2.19. The second-order valence-electron chi connectivity index (χ2n) is 7.70. The molecule has 1 aromatic heterocycles. The van der Waals surface area contributed by atoms with Crippen LogP contribution >= 0.6 is 0 Å². The van der Waals surface area contributed by atoms with Crippen molar-refractivity contribution in [1.82, 2.24) is 10.3 Å². The Labute approximate surface area is 174 Å². The van der Waals surface area contributed by atoms with Gasteiger partial charge in [-0.2, -0.15) is 0 Å². The molecule has 0 radical (unpaired) electrons. The zero-order valence-electron chi connectivity index (χ0n) is 17.1. The van der Waals surface area contributed by atoms with Gasteiger partial charge in [-0.25, -0.2) is 9.59 Å². The van der Waals surface area contributed by atoms with Crippen molar-refractivity contribution in [1.29, 1.82) is 0 Å². The number of hydrogen-bond acceptors (Lipinski definition) is 5. The quantitative estimate of drug-likeness (QED) is 0.583. The van der Waals surface area contributed by atoms with Crippen molar-refractivity contribution in [3.8, 4) is 16.9 Å². The van der Waals surface area contributed by atoms with Crippen molar-refractivity contribution in [2.45, 2.75) is 26.4 Å². The third-order valence-electron chi connectivity index (χ3n) is 4.20. The highest BCUT2D eigenvalue weighted by Crippen LogP contribution is 2.27. The first-order valence-corrected chi connectivity index (χ1v) is 9.55. The maximum atomic E-state index is 11.6. The van der Waals surface area contributed by atoms with Gasteiger partial charge in [-0.05, 0) is 62.2 Å². The van der Waals surface area contributed by atoms with Gasteiger partial charge in [0.05, 0.1) is 17.6 Å². The van der Waals surface area contributed by atoms with E-state index in [1.165, 1.54) is 12.3 Å². The van der Waals surface area contributed by atoms with Crippen LogP contribution in [0.2, 0.25) is 0 Å². The largest absolute Gasteiger partial charge is 0.492 e. The molecule has 0 saturated carbocycles. The number of carbonyl (C=O) groups is 2. The number of aromatic carboxylic acids is 1. The Morgan fingerprint density at radius 2 is 1.73 bits per heavy atom. The van der Waals surface area contributed by atoms with Gasteiger partial charge in [0.15, 0.2) is 0 Å². The van der Waals surface area contributed by atoms with Crippen molar-refractivity contribution < 1.29 is 24.2 Å². The van der Waals surface area contributed by atoms with Crippen molar-refractivity contribution in [3.63, 3.8) is 0 Å². The monoisotopic (exact) mass is 408 g/mol. The number of ether oxygens (including phenoxy) is 2. The van der Waals surface area contributed by atoms with Crippen LogP contribution in [0.5, 0.6) is 5.75 Å². The number of hydrogen-bond donors (Lipinski definition) is 2.